The summed E-state index contributed by atoms with van der Waals surface area (Å²) in [6.45, 7) is 11.7. The molecule has 0 saturated carbocycles. The van der Waals surface area contributed by atoms with Gasteiger partial charge in [-0.05, 0) is 69.1 Å². The van der Waals surface area contributed by atoms with E-state index < -0.39 is 97.5 Å². The maximum atomic E-state index is 13.1. The molecule has 19 heteroatoms. The van der Waals surface area contributed by atoms with Crippen molar-refractivity contribution in [3.63, 3.8) is 0 Å². The summed E-state index contributed by atoms with van der Waals surface area (Å²) in [5.41, 5.74) is 0. The summed E-state index contributed by atoms with van der Waals surface area (Å²) in [5, 5.41) is 10.6. The molecule has 17 nitrogen and oxygen atoms in total. The van der Waals surface area contributed by atoms with E-state index in [9.17, 15) is 43.2 Å². The fraction of sp³-hybridized carbons (Fsp3) is 0.892. The van der Waals surface area contributed by atoms with E-state index in [0.29, 0.717) is 31.6 Å². The first kappa shape index (κ1) is 90.5. The van der Waals surface area contributed by atoms with Crippen molar-refractivity contribution in [2.24, 2.45) is 17.8 Å². The number of phosphoric ester groups is 2. The minimum atomic E-state index is -4.96. The monoisotopic (exact) mass is 1360 g/mol. The van der Waals surface area contributed by atoms with Crippen molar-refractivity contribution < 1.29 is 80.2 Å². The molecule has 0 aliphatic carbocycles. The third-order valence-corrected chi connectivity index (χ3v) is 18.8. The molecule has 0 aliphatic rings. The van der Waals surface area contributed by atoms with Crippen LogP contribution in [0.1, 0.15) is 350 Å². The van der Waals surface area contributed by atoms with Gasteiger partial charge in [0.25, 0.3) is 0 Å². The van der Waals surface area contributed by atoms with Crippen LogP contribution in [0.5, 0.6) is 0 Å². The number of unbranched alkanes of at least 4 members (excludes halogenated alkanes) is 34. The van der Waals surface area contributed by atoms with E-state index >= 15 is 0 Å². The van der Waals surface area contributed by atoms with Gasteiger partial charge < -0.3 is 33.8 Å². The number of esters is 4. The third kappa shape index (κ3) is 66.6. The number of hydrogen-bond acceptors (Lipinski definition) is 15. The van der Waals surface area contributed by atoms with E-state index in [0.717, 1.165) is 121 Å². The van der Waals surface area contributed by atoms with Crippen LogP contribution in [0.2, 0.25) is 0 Å². The van der Waals surface area contributed by atoms with Gasteiger partial charge in [0.15, 0.2) is 12.2 Å². The Kier molecular flexibility index (Phi) is 62.5. The van der Waals surface area contributed by atoms with E-state index in [-0.39, 0.29) is 25.7 Å². The first-order valence-electron chi connectivity index (χ1n) is 37.7. The molecule has 0 aromatic carbocycles. The number of rotatable bonds is 70. The number of carbonyl (C=O) groups is 4. The topological polar surface area (TPSA) is 237 Å². The second kappa shape index (κ2) is 64.2. The predicted molar refractivity (Wildman–Crippen MR) is 377 cm³/mol. The molecule has 0 amide bonds. The normalized spacial score (nSPS) is 14.6. The maximum absolute atomic E-state index is 13.1. The van der Waals surface area contributed by atoms with Crippen LogP contribution in [0.25, 0.3) is 0 Å². The molecule has 3 N–H and O–H groups in total. The van der Waals surface area contributed by atoms with Crippen molar-refractivity contribution in [3.05, 3.63) is 24.3 Å². The van der Waals surface area contributed by atoms with Crippen LogP contribution in [0.15, 0.2) is 24.3 Å². The molecule has 6 atom stereocenters. The summed E-state index contributed by atoms with van der Waals surface area (Å²) < 4.78 is 68.3. The van der Waals surface area contributed by atoms with E-state index in [1.54, 1.807) is 0 Å². The summed E-state index contributed by atoms with van der Waals surface area (Å²) in [7, 11) is -9.92. The molecule has 0 bridgehead atoms. The minimum absolute atomic E-state index is 0.0848. The molecule has 0 saturated heterocycles. The second-order valence-corrected chi connectivity index (χ2v) is 30.1. The zero-order chi connectivity index (χ0) is 68.7. The minimum Gasteiger partial charge on any atom is -0.462 e. The number of hydrogen-bond donors (Lipinski definition) is 3. The number of aliphatic hydroxyl groups is 1. The Morgan fingerprint density at radius 2 is 0.634 bits per heavy atom. The highest BCUT2D eigenvalue weighted by molar-refractivity contribution is 7.47. The lowest BCUT2D eigenvalue weighted by Crippen LogP contribution is -2.30. The maximum Gasteiger partial charge on any atom is 0.472 e. The van der Waals surface area contributed by atoms with Crippen LogP contribution in [0.3, 0.4) is 0 Å². The summed E-state index contributed by atoms with van der Waals surface area (Å²) in [6.07, 6.45) is 52.5. The summed E-state index contributed by atoms with van der Waals surface area (Å²) in [5.74, 6) is 0.0497. The Balaban J connectivity index is 5.24. The predicted octanol–water partition coefficient (Wildman–Crippen LogP) is 21.0. The van der Waals surface area contributed by atoms with Gasteiger partial charge in [-0.2, -0.15) is 0 Å². The van der Waals surface area contributed by atoms with Gasteiger partial charge in [0.2, 0.25) is 0 Å². The van der Waals surface area contributed by atoms with Crippen molar-refractivity contribution in [2.75, 3.05) is 39.6 Å². The van der Waals surface area contributed by atoms with Gasteiger partial charge in [0.05, 0.1) is 26.4 Å². The Morgan fingerprint density at radius 1 is 0.355 bits per heavy atom. The Hall–Kier alpha value is -2.46. The molecule has 0 spiro atoms. The van der Waals surface area contributed by atoms with Crippen LogP contribution in [-0.4, -0.2) is 96.7 Å². The van der Waals surface area contributed by atoms with Crippen molar-refractivity contribution in [3.8, 4) is 0 Å². The molecule has 0 radical (unpaired) electrons. The van der Waals surface area contributed by atoms with E-state index in [2.05, 4.69) is 72.8 Å². The summed E-state index contributed by atoms with van der Waals surface area (Å²) in [6, 6.07) is 0. The zero-order valence-corrected chi connectivity index (χ0v) is 62.0. The second-order valence-electron chi connectivity index (χ2n) is 27.2. The number of carbonyl (C=O) groups excluding carboxylic acids is 4. The van der Waals surface area contributed by atoms with Crippen molar-refractivity contribution in [2.45, 2.75) is 369 Å². The molecular weight excluding hydrogens is 1220 g/mol. The van der Waals surface area contributed by atoms with Crippen LogP contribution in [0, 0.1) is 17.8 Å². The van der Waals surface area contributed by atoms with Gasteiger partial charge in [0, 0.05) is 25.7 Å². The number of allylic oxidation sites excluding steroid dienone is 4. The first-order valence-corrected chi connectivity index (χ1v) is 40.7. The Morgan fingerprint density at radius 3 is 0.957 bits per heavy atom. The van der Waals surface area contributed by atoms with Gasteiger partial charge in [-0.3, -0.25) is 37.3 Å². The lowest BCUT2D eigenvalue weighted by Gasteiger charge is -2.21. The first-order chi connectivity index (χ1) is 44.8. The average molecular weight is 1360 g/mol. The molecule has 0 aliphatic heterocycles. The molecule has 0 aromatic rings. The quantitative estimate of drug-likeness (QED) is 0.0169. The SMILES string of the molecule is CCCCCC/C=C\C=C/CCCCCCCC(=O)O[C@H](COC(=O)CCCCCCCCCCCCCCCCCCC(C)C)COP(=O)(O)OC[C@@H](O)COP(=O)(O)OC[C@@H](COC(=O)CCCCCCCCC(C)CC)OC(=O)CCCCCCCCC(C)C. The smallest absolute Gasteiger partial charge is 0.462 e. The third-order valence-electron chi connectivity index (χ3n) is 16.9. The summed E-state index contributed by atoms with van der Waals surface area (Å²) in [4.78, 5) is 72.6. The molecule has 3 unspecified atom stereocenters. The van der Waals surface area contributed by atoms with Crippen molar-refractivity contribution >= 4 is 39.5 Å². The van der Waals surface area contributed by atoms with E-state index in [1.165, 1.54) is 141 Å². The van der Waals surface area contributed by atoms with E-state index in [1.807, 2.05) is 0 Å². The fourth-order valence-electron chi connectivity index (χ4n) is 10.7. The van der Waals surface area contributed by atoms with Crippen molar-refractivity contribution in [1.29, 1.82) is 0 Å². The van der Waals surface area contributed by atoms with Gasteiger partial charge in [-0.1, -0.05) is 297 Å². The van der Waals surface area contributed by atoms with Crippen molar-refractivity contribution in [1.82, 2.24) is 0 Å². The molecular formula is C74H140O17P2. The highest BCUT2D eigenvalue weighted by Gasteiger charge is 2.30. The zero-order valence-electron chi connectivity index (χ0n) is 60.2. The highest BCUT2D eigenvalue weighted by Crippen LogP contribution is 2.45. The highest BCUT2D eigenvalue weighted by atomic mass is 31.2. The molecule has 0 rings (SSSR count). The van der Waals surface area contributed by atoms with E-state index in [4.69, 9.17) is 37.0 Å². The average Bonchev–Trinajstić information content (AvgIpc) is 1.72. The largest absolute Gasteiger partial charge is 0.472 e. The number of aliphatic hydroxyl groups excluding tert-OH is 1. The summed E-state index contributed by atoms with van der Waals surface area (Å²) >= 11 is 0. The van der Waals surface area contributed by atoms with Gasteiger partial charge in [-0.15, -0.1) is 0 Å². The number of ether oxygens (including phenoxy) is 4. The fourth-order valence-corrected chi connectivity index (χ4v) is 12.3. The lowest BCUT2D eigenvalue weighted by atomic mass is 10.00. The Bertz CT molecular complexity index is 1910. The van der Waals surface area contributed by atoms with Gasteiger partial charge in [0.1, 0.15) is 19.3 Å². The molecule has 0 heterocycles. The van der Waals surface area contributed by atoms with Crippen LogP contribution in [0.4, 0.5) is 0 Å². The van der Waals surface area contributed by atoms with Crippen LogP contribution >= 0.6 is 15.6 Å². The Labute approximate surface area is 567 Å². The molecule has 548 valence electrons. The molecule has 0 fully saturated rings. The standard InChI is InChI=1S/C74H140O17P2/c1-8-10-11-12-13-14-15-16-19-24-27-30-33-43-50-57-73(78)90-69(61-84-71(76)55-48-41-32-29-26-23-21-18-17-20-22-25-28-31-38-45-52-65(3)4)63-88-92(80,81)86-59-68(75)60-87-93(82,83)89-64-70(91-74(79)58-51-44-36-34-39-46-53-66(5)6)62-85-72(77)56-49-42-37-35-40-47-54-67(7)9-2/h14-16,19,65-70,75H,8-13,17-18,20-64H2,1-7H3,(H,80,81)(H,82,83)/b15-14-,19-16-/t67?,68-,69-,70-/m1/s1. The van der Waals surface area contributed by atoms with Crippen LogP contribution in [-0.2, 0) is 65.4 Å². The van der Waals surface area contributed by atoms with Gasteiger partial charge >= 0.3 is 39.5 Å². The van der Waals surface area contributed by atoms with Gasteiger partial charge in [-0.25, -0.2) is 9.13 Å². The number of phosphoric acid groups is 2. The molecule has 93 heavy (non-hydrogen) atoms. The lowest BCUT2D eigenvalue weighted by molar-refractivity contribution is -0.161. The van der Waals surface area contributed by atoms with Crippen LogP contribution < -0.4 is 0 Å². The molecule has 0 aromatic heterocycles.